The van der Waals surface area contributed by atoms with Crippen LogP contribution in [-0.2, 0) is 4.74 Å². The monoisotopic (exact) mass is 403 g/mol. The Labute approximate surface area is 155 Å². The molecule has 0 unspecified atom stereocenters. The second-order valence-electron chi connectivity index (χ2n) is 6.19. The van der Waals surface area contributed by atoms with E-state index in [1.807, 2.05) is 11.5 Å². The number of nitrogens with zero attached hydrogens (tertiary/aromatic N) is 4. The van der Waals surface area contributed by atoms with E-state index in [1.54, 1.807) is 13.4 Å². The molecule has 2 heterocycles. The standard InChI is InChI=1S/C18H22BrN5O/c1-11(2)13-5-6-15(14(19)9-13)24-10-21-16-17(20-7-8-25-4)22-12(3)23-18(16)24/h5-6,9-11H,7-8H2,1-4H3,(H,20,22,23). The van der Waals surface area contributed by atoms with Crippen molar-refractivity contribution in [2.45, 2.75) is 26.7 Å². The van der Waals surface area contributed by atoms with Gasteiger partial charge in [0, 0.05) is 18.1 Å². The van der Waals surface area contributed by atoms with Gasteiger partial charge in [-0.2, -0.15) is 0 Å². The maximum atomic E-state index is 5.09. The Morgan fingerprint density at radius 3 is 2.76 bits per heavy atom. The maximum absolute atomic E-state index is 5.09. The van der Waals surface area contributed by atoms with Crippen molar-refractivity contribution in [2.75, 3.05) is 25.6 Å². The highest BCUT2D eigenvalue weighted by Crippen LogP contribution is 2.29. The number of ether oxygens (including phenoxy) is 1. The van der Waals surface area contributed by atoms with E-state index in [9.17, 15) is 0 Å². The molecule has 0 atom stereocenters. The number of hydrogen-bond donors (Lipinski definition) is 1. The van der Waals surface area contributed by atoms with Gasteiger partial charge in [-0.1, -0.05) is 19.9 Å². The van der Waals surface area contributed by atoms with Crippen molar-refractivity contribution in [3.8, 4) is 5.69 Å². The minimum absolute atomic E-state index is 0.478. The predicted octanol–water partition coefficient (Wildman–Crippen LogP) is 4.07. The van der Waals surface area contributed by atoms with E-state index in [-0.39, 0.29) is 0 Å². The molecule has 1 aromatic carbocycles. The van der Waals surface area contributed by atoms with E-state index in [0.29, 0.717) is 24.9 Å². The highest BCUT2D eigenvalue weighted by atomic mass is 79.9. The maximum Gasteiger partial charge on any atom is 0.170 e. The van der Waals surface area contributed by atoms with Crippen LogP contribution in [0, 0.1) is 6.92 Å². The quantitative estimate of drug-likeness (QED) is 0.628. The molecule has 0 radical (unpaired) electrons. The van der Waals surface area contributed by atoms with E-state index in [1.165, 1.54) is 5.56 Å². The summed E-state index contributed by atoms with van der Waals surface area (Å²) in [6, 6.07) is 6.38. The fraction of sp³-hybridized carbons (Fsp3) is 0.389. The van der Waals surface area contributed by atoms with Crippen molar-refractivity contribution >= 4 is 32.9 Å². The van der Waals surface area contributed by atoms with Crippen molar-refractivity contribution in [2.24, 2.45) is 0 Å². The number of hydrogen-bond acceptors (Lipinski definition) is 5. The summed E-state index contributed by atoms with van der Waals surface area (Å²) in [5.74, 6) is 1.91. The summed E-state index contributed by atoms with van der Waals surface area (Å²) >= 11 is 3.69. The first-order valence-electron chi connectivity index (χ1n) is 8.25. The molecule has 0 aliphatic heterocycles. The molecule has 0 spiro atoms. The lowest BCUT2D eigenvalue weighted by Crippen LogP contribution is -2.10. The van der Waals surface area contributed by atoms with Gasteiger partial charge < -0.3 is 10.1 Å². The van der Waals surface area contributed by atoms with Crippen molar-refractivity contribution in [3.63, 3.8) is 0 Å². The van der Waals surface area contributed by atoms with E-state index in [0.717, 1.165) is 27.1 Å². The number of halogens is 1. The first-order chi connectivity index (χ1) is 12.0. The Kier molecular flexibility index (Phi) is 5.34. The number of benzene rings is 1. The van der Waals surface area contributed by atoms with Gasteiger partial charge in [-0.3, -0.25) is 4.57 Å². The minimum atomic E-state index is 0.478. The molecule has 3 aromatic rings. The zero-order chi connectivity index (χ0) is 18.0. The number of aryl methyl sites for hydroxylation is 1. The number of methoxy groups -OCH3 is 1. The summed E-state index contributed by atoms with van der Waals surface area (Å²) in [6.45, 7) is 7.52. The van der Waals surface area contributed by atoms with Gasteiger partial charge in [0.15, 0.2) is 17.0 Å². The van der Waals surface area contributed by atoms with Crippen LogP contribution in [0.5, 0.6) is 0 Å². The zero-order valence-electron chi connectivity index (χ0n) is 14.9. The molecule has 3 rings (SSSR count). The molecular weight excluding hydrogens is 382 g/mol. The van der Waals surface area contributed by atoms with Crippen LogP contribution in [0.1, 0.15) is 31.2 Å². The number of imidazole rings is 1. The van der Waals surface area contributed by atoms with Crippen LogP contribution in [0.3, 0.4) is 0 Å². The van der Waals surface area contributed by atoms with Gasteiger partial charge in [0.1, 0.15) is 12.2 Å². The Bertz CT molecular complexity index is 891. The SMILES string of the molecule is COCCNc1nc(C)nc2c1ncn2-c1ccc(C(C)C)cc1Br. The molecule has 0 aliphatic carbocycles. The molecule has 2 aromatic heterocycles. The molecule has 0 fully saturated rings. The summed E-state index contributed by atoms with van der Waals surface area (Å²) < 4.78 is 8.09. The van der Waals surface area contributed by atoms with E-state index in [4.69, 9.17) is 4.74 Å². The van der Waals surface area contributed by atoms with E-state index >= 15 is 0 Å². The van der Waals surface area contributed by atoms with Crippen molar-refractivity contribution in [1.82, 2.24) is 19.5 Å². The van der Waals surface area contributed by atoms with Gasteiger partial charge in [-0.25, -0.2) is 15.0 Å². The lowest BCUT2D eigenvalue weighted by atomic mass is 10.0. The smallest absolute Gasteiger partial charge is 0.170 e. The van der Waals surface area contributed by atoms with Gasteiger partial charge in [0.2, 0.25) is 0 Å². The van der Waals surface area contributed by atoms with Crippen LogP contribution in [0.4, 0.5) is 5.82 Å². The van der Waals surface area contributed by atoms with Crippen molar-refractivity contribution in [3.05, 3.63) is 40.4 Å². The van der Waals surface area contributed by atoms with Gasteiger partial charge in [-0.15, -0.1) is 0 Å². The van der Waals surface area contributed by atoms with Gasteiger partial charge in [-0.05, 0) is 46.5 Å². The number of nitrogens with one attached hydrogen (secondary N) is 1. The molecule has 1 N–H and O–H groups in total. The number of aromatic nitrogens is 4. The van der Waals surface area contributed by atoms with E-state index in [2.05, 4.69) is 68.2 Å². The highest BCUT2D eigenvalue weighted by molar-refractivity contribution is 9.10. The second kappa shape index (κ2) is 7.49. The third-order valence-electron chi connectivity index (χ3n) is 4.00. The van der Waals surface area contributed by atoms with Crippen molar-refractivity contribution in [1.29, 1.82) is 0 Å². The number of rotatable bonds is 6. The van der Waals surface area contributed by atoms with Crippen LogP contribution in [0.2, 0.25) is 0 Å². The summed E-state index contributed by atoms with van der Waals surface area (Å²) in [5, 5.41) is 3.27. The lowest BCUT2D eigenvalue weighted by molar-refractivity contribution is 0.210. The summed E-state index contributed by atoms with van der Waals surface area (Å²) in [7, 11) is 1.68. The van der Waals surface area contributed by atoms with Crippen LogP contribution in [-0.4, -0.2) is 39.8 Å². The van der Waals surface area contributed by atoms with Gasteiger partial charge in [0.25, 0.3) is 0 Å². The lowest BCUT2D eigenvalue weighted by Gasteiger charge is -2.11. The second-order valence-corrected chi connectivity index (χ2v) is 7.05. The molecule has 0 bridgehead atoms. The Hall–Kier alpha value is -1.99. The first-order valence-corrected chi connectivity index (χ1v) is 9.05. The minimum Gasteiger partial charge on any atom is -0.383 e. The summed E-state index contributed by atoms with van der Waals surface area (Å²) in [4.78, 5) is 13.6. The Balaban J connectivity index is 2.06. The van der Waals surface area contributed by atoms with Gasteiger partial charge in [0.05, 0.1) is 12.3 Å². The molecule has 132 valence electrons. The Morgan fingerprint density at radius 2 is 2.08 bits per heavy atom. The average Bonchev–Trinajstić information content (AvgIpc) is 2.98. The van der Waals surface area contributed by atoms with Gasteiger partial charge >= 0.3 is 0 Å². The molecular formula is C18H22BrN5O. The molecule has 0 saturated heterocycles. The summed E-state index contributed by atoms with van der Waals surface area (Å²) in [6.07, 6.45) is 1.79. The van der Waals surface area contributed by atoms with Crippen LogP contribution < -0.4 is 5.32 Å². The van der Waals surface area contributed by atoms with Crippen molar-refractivity contribution < 1.29 is 4.74 Å². The van der Waals surface area contributed by atoms with Crippen LogP contribution in [0.25, 0.3) is 16.9 Å². The predicted molar refractivity (Wildman–Crippen MR) is 104 cm³/mol. The van der Waals surface area contributed by atoms with E-state index < -0.39 is 0 Å². The third-order valence-corrected chi connectivity index (χ3v) is 4.64. The normalized spacial score (nSPS) is 11.4. The largest absolute Gasteiger partial charge is 0.383 e. The average molecular weight is 404 g/mol. The fourth-order valence-corrected chi connectivity index (χ4v) is 3.25. The Morgan fingerprint density at radius 1 is 1.28 bits per heavy atom. The number of anilines is 1. The molecule has 0 amide bonds. The molecule has 25 heavy (non-hydrogen) atoms. The molecule has 0 saturated carbocycles. The molecule has 7 heteroatoms. The zero-order valence-corrected chi connectivity index (χ0v) is 16.5. The first kappa shape index (κ1) is 17.8. The topological polar surface area (TPSA) is 64.9 Å². The van der Waals surface area contributed by atoms with Crippen LogP contribution >= 0.6 is 15.9 Å². The number of fused-ring (bicyclic) bond motifs is 1. The van der Waals surface area contributed by atoms with Crippen LogP contribution in [0.15, 0.2) is 29.0 Å². The fourth-order valence-electron chi connectivity index (χ4n) is 2.66. The molecule has 0 aliphatic rings. The summed E-state index contributed by atoms with van der Waals surface area (Å²) in [5.41, 5.74) is 3.83. The molecule has 6 nitrogen and oxygen atoms in total. The third kappa shape index (κ3) is 3.67. The highest BCUT2D eigenvalue weighted by Gasteiger charge is 2.15.